The average molecular weight is 221 g/mol. The molecule has 1 aromatic heterocycles. The van der Waals surface area contributed by atoms with E-state index in [2.05, 4.69) is 16.8 Å². The molecule has 1 N–H and O–H groups in total. The van der Waals surface area contributed by atoms with Gasteiger partial charge in [-0.05, 0) is 53.1 Å². The van der Waals surface area contributed by atoms with E-state index in [9.17, 15) is 4.39 Å². The molecule has 0 aliphatic heterocycles. The van der Waals surface area contributed by atoms with Crippen molar-refractivity contribution in [2.24, 2.45) is 0 Å². The molecule has 0 atom stereocenters. The Kier molecular flexibility index (Phi) is 3.02. The predicted octanol–water partition coefficient (Wildman–Crippen LogP) is 3.81. The number of halogens is 1. The lowest BCUT2D eigenvalue weighted by molar-refractivity contribution is 0.627. The van der Waals surface area contributed by atoms with Crippen LogP contribution in [0.15, 0.2) is 35.0 Å². The number of hydrogen-bond donors (Lipinski definition) is 1. The van der Waals surface area contributed by atoms with E-state index in [1.54, 1.807) is 11.3 Å². The van der Waals surface area contributed by atoms with Crippen molar-refractivity contribution in [3.8, 4) is 0 Å². The molecule has 0 radical (unpaired) electrons. The van der Waals surface area contributed by atoms with Crippen LogP contribution in [0.2, 0.25) is 0 Å². The van der Waals surface area contributed by atoms with Crippen molar-refractivity contribution in [2.45, 2.75) is 13.5 Å². The van der Waals surface area contributed by atoms with Crippen molar-refractivity contribution >= 4 is 17.0 Å². The lowest BCUT2D eigenvalue weighted by atomic mass is 10.2. The van der Waals surface area contributed by atoms with Crippen LogP contribution in [0.25, 0.3) is 0 Å². The second-order valence-electron chi connectivity index (χ2n) is 3.50. The Morgan fingerprint density at radius 2 is 2.20 bits per heavy atom. The fraction of sp³-hybridized carbons (Fsp3) is 0.167. The molecule has 0 fully saturated rings. The van der Waals surface area contributed by atoms with Gasteiger partial charge in [-0.2, -0.15) is 11.3 Å². The highest BCUT2D eigenvalue weighted by Crippen LogP contribution is 2.15. The summed E-state index contributed by atoms with van der Waals surface area (Å²) in [5, 5.41) is 7.31. The van der Waals surface area contributed by atoms with E-state index in [1.165, 1.54) is 17.7 Å². The Morgan fingerprint density at radius 1 is 1.33 bits per heavy atom. The van der Waals surface area contributed by atoms with E-state index in [-0.39, 0.29) is 5.82 Å². The number of aryl methyl sites for hydroxylation is 1. The van der Waals surface area contributed by atoms with Crippen LogP contribution in [0.1, 0.15) is 11.1 Å². The number of hydrogen-bond acceptors (Lipinski definition) is 2. The Hall–Kier alpha value is -1.35. The molecular weight excluding hydrogens is 209 g/mol. The topological polar surface area (TPSA) is 12.0 Å². The highest BCUT2D eigenvalue weighted by atomic mass is 32.1. The molecule has 0 spiro atoms. The first-order chi connectivity index (χ1) is 7.24. The molecule has 0 aliphatic carbocycles. The van der Waals surface area contributed by atoms with Gasteiger partial charge in [0.05, 0.1) is 0 Å². The Morgan fingerprint density at radius 3 is 2.87 bits per heavy atom. The van der Waals surface area contributed by atoms with Gasteiger partial charge < -0.3 is 5.32 Å². The number of benzene rings is 1. The maximum Gasteiger partial charge on any atom is 0.125 e. The van der Waals surface area contributed by atoms with Gasteiger partial charge in [-0.15, -0.1) is 0 Å². The van der Waals surface area contributed by atoms with E-state index < -0.39 is 0 Å². The van der Waals surface area contributed by atoms with Crippen LogP contribution >= 0.6 is 11.3 Å². The zero-order valence-corrected chi connectivity index (χ0v) is 9.27. The van der Waals surface area contributed by atoms with Gasteiger partial charge in [0.1, 0.15) is 5.82 Å². The molecule has 1 aromatic carbocycles. The zero-order valence-electron chi connectivity index (χ0n) is 8.46. The van der Waals surface area contributed by atoms with Crippen molar-refractivity contribution in [3.05, 3.63) is 52.0 Å². The summed E-state index contributed by atoms with van der Waals surface area (Å²) in [6, 6.07) is 7.04. The minimum absolute atomic E-state index is 0.192. The van der Waals surface area contributed by atoms with Crippen molar-refractivity contribution in [3.63, 3.8) is 0 Å². The molecule has 0 amide bonds. The van der Waals surface area contributed by atoms with Crippen molar-refractivity contribution < 1.29 is 4.39 Å². The highest BCUT2D eigenvalue weighted by molar-refractivity contribution is 7.07. The molecule has 0 unspecified atom stereocenters. The predicted molar refractivity (Wildman–Crippen MR) is 62.8 cm³/mol. The Bertz CT molecular complexity index is 417. The van der Waals surface area contributed by atoms with E-state index in [1.807, 2.05) is 18.4 Å². The minimum atomic E-state index is -0.192. The zero-order chi connectivity index (χ0) is 10.7. The summed E-state index contributed by atoms with van der Waals surface area (Å²) >= 11 is 1.67. The van der Waals surface area contributed by atoms with Crippen molar-refractivity contribution in [1.82, 2.24) is 0 Å². The first kappa shape index (κ1) is 10.2. The van der Waals surface area contributed by atoms with Crippen LogP contribution in [-0.4, -0.2) is 0 Å². The summed E-state index contributed by atoms with van der Waals surface area (Å²) in [5.41, 5.74) is 2.99. The Balaban J connectivity index is 2.05. The monoisotopic (exact) mass is 221 g/mol. The molecule has 1 heterocycles. The van der Waals surface area contributed by atoms with Gasteiger partial charge in [0, 0.05) is 12.2 Å². The highest BCUT2D eigenvalue weighted by Gasteiger charge is 1.98. The van der Waals surface area contributed by atoms with Gasteiger partial charge in [0.2, 0.25) is 0 Å². The van der Waals surface area contributed by atoms with Gasteiger partial charge in [-0.25, -0.2) is 4.39 Å². The SMILES string of the molecule is Cc1cc(F)cc(NCc2ccsc2)c1. The van der Waals surface area contributed by atoms with E-state index >= 15 is 0 Å². The molecule has 1 nitrogen and oxygen atoms in total. The Labute approximate surface area is 92.6 Å². The second-order valence-corrected chi connectivity index (χ2v) is 4.28. The van der Waals surface area contributed by atoms with Crippen LogP contribution < -0.4 is 5.32 Å². The third kappa shape index (κ3) is 2.80. The fourth-order valence-electron chi connectivity index (χ4n) is 1.44. The first-order valence-electron chi connectivity index (χ1n) is 4.76. The smallest absolute Gasteiger partial charge is 0.125 e. The maximum atomic E-state index is 13.1. The molecule has 15 heavy (non-hydrogen) atoms. The molecule has 2 aromatic rings. The largest absolute Gasteiger partial charge is 0.381 e. The molecule has 0 aliphatic rings. The molecule has 0 saturated carbocycles. The van der Waals surface area contributed by atoms with Crippen LogP contribution in [-0.2, 0) is 6.54 Å². The first-order valence-corrected chi connectivity index (χ1v) is 5.70. The van der Waals surface area contributed by atoms with Gasteiger partial charge in [0.15, 0.2) is 0 Å². The molecule has 78 valence electrons. The third-order valence-corrected chi connectivity index (χ3v) is 2.85. The number of thiophene rings is 1. The molecule has 0 bridgehead atoms. The van der Waals surface area contributed by atoms with E-state index in [0.717, 1.165) is 17.8 Å². The molecule has 0 saturated heterocycles. The fourth-order valence-corrected chi connectivity index (χ4v) is 2.10. The number of anilines is 1. The normalized spacial score (nSPS) is 10.3. The van der Waals surface area contributed by atoms with Crippen molar-refractivity contribution in [1.29, 1.82) is 0 Å². The van der Waals surface area contributed by atoms with Gasteiger partial charge in [-0.3, -0.25) is 0 Å². The lowest BCUT2D eigenvalue weighted by Crippen LogP contribution is -1.98. The standard InChI is InChI=1S/C12H12FNS/c1-9-4-11(13)6-12(5-9)14-7-10-2-3-15-8-10/h2-6,8,14H,7H2,1H3. The summed E-state index contributed by atoms with van der Waals surface area (Å²) in [4.78, 5) is 0. The van der Waals surface area contributed by atoms with Crippen LogP contribution in [0.3, 0.4) is 0 Å². The van der Waals surface area contributed by atoms with Crippen LogP contribution in [0.4, 0.5) is 10.1 Å². The van der Waals surface area contributed by atoms with E-state index in [4.69, 9.17) is 0 Å². The summed E-state index contributed by atoms with van der Waals surface area (Å²) in [6.07, 6.45) is 0. The van der Waals surface area contributed by atoms with Gasteiger partial charge in [-0.1, -0.05) is 0 Å². The molecule has 3 heteroatoms. The van der Waals surface area contributed by atoms with Gasteiger partial charge >= 0.3 is 0 Å². The summed E-state index contributed by atoms with van der Waals surface area (Å²) < 4.78 is 13.1. The summed E-state index contributed by atoms with van der Waals surface area (Å²) in [5.74, 6) is -0.192. The van der Waals surface area contributed by atoms with Crippen LogP contribution in [0.5, 0.6) is 0 Å². The molecule has 2 rings (SSSR count). The maximum absolute atomic E-state index is 13.1. The third-order valence-electron chi connectivity index (χ3n) is 2.12. The average Bonchev–Trinajstić information content (AvgIpc) is 2.65. The van der Waals surface area contributed by atoms with Crippen molar-refractivity contribution in [2.75, 3.05) is 5.32 Å². The summed E-state index contributed by atoms with van der Waals surface area (Å²) in [7, 11) is 0. The second kappa shape index (κ2) is 4.45. The molecular formula is C12H12FNS. The van der Waals surface area contributed by atoms with E-state index in [0.29, 0.717) is 0 Å². The lowest BCUT2D eigenvalue weighted by Gasteiger charge is -2.06. The van der Waals surface area contributed by atoms with Gasteiger partial charge in [0.25, 0.3) is 0 Å². The number of rotatable bonds is 3. The summed E-state index contributed by atoms with van der Waals surface area (Å²) in [6.45, 7) is 2.63. The minimum Gasteiger partial charge on any atom is -0.381 e. The quantitative estimate of drug-likeness (QED) is 0.831. The number of nitrogens with one attached hydrogen (secondary N) is 1. The van der Waals surface area contributed by atoms with Crippen LogP contribution in [0, 0.1) is 12.7 Å².